The predicted molar refractivity (Wildman–Crippen MR) is 80.5 cm³/mol. The van der Waals surface area contributed by atoms with E-state index in [4.69, 9.17) is 0 Å². The first kappa shape index (κ1) is 15.7. The number of nitrogens with zero attached hydrogens (tertiary/aromatic N) is 1. The van der Waals surface area contributed by atoms with Crippen LogP contribution in [0.5, 0.6) is 0 Å². The summed E-state index contributed by atoms with van der Waals surface area (Å²) in [5, 5.41) is 6.15. The molecule has 0 fully saturated rings. The van der Waals surface area contributed by atoms with Gasteiger partial charge in [-0.25, -0.2) is 0 Å². The fourth-order valence-corrected chi connectivity index (χ4v) is 1.68. The molecule has 0 aromatic heterocycles. The van der Waals surface area contributed by atoms with Gasteiger partial charge in [-0.05, 0) is 38.2 Å². The Labute approximate surface area is 116 Å². The molecular formula is C15H25N3O. The Bertz CT molecular complexity index is 373. The summed E-state index contributed by atoms with van der Waals surface area (Å²) in [6, 6.07) is 8.00. The van der Waals surface area contributed by atoms with Gasteiger partial charge in [0.25, 0.3) is 0 Å². The van der Waals surface area contributed by atoms with Crippen molar-refractivity contribution in [2.75, 3.05) is 39.0 Å². The lowest BCUT2D eigenvalue weighted by molar-refractivity contribution is -0.116. The van der Waals surface area contributed by atoms with Crippen LogP contribution in [0.3, 0.4) is 0 Å². The van der Waals surface area contributed by atoms with E-state index in [0.717, 1.165) is 25.2 Å². The van der Waals surface area contributed by atoms with Crippen molar-refractivity contribution in [3.63, 3.8) is 0 Å². The van der Waals surface area contributed by atoms with E-state index in [9.17, 15) is 4.79 Å². The molecule has 0 aliphatic heterocycles. The molecule has 0 radical (unpaired) electrons. The Kier molecular flexibility index (Phi) is 7.15. The number of benzene rings is 1. The molecule has 0 saturated carbocycles. The van der Waals surface area contributed by atoms with Crippen LogP contribution in [0.4, 0.5) is 5.69 Å². The van der Waals surface area contributed by atoms with E-state index in [-0.39, 0.29) is 5.91 Å². The van der Waals surface area contributed by atoms with Crippen molar-refractivity contribution < 1.29 is 4.79 Å². The summed E-state index contributed by atoms with van der Waals surface area (Å²) in [6.45, 7) is 4.73. The third kappa shape index (κ3) is 6.94. The number of hydrogen-bond donors (Lipinski definition) is 2. The molecule has 2 N–H and O–H groups in total. The van der Waals surface area contributed by atoms with Gasteiger partial charge >= 0.3 is 0 Å². The van der Waals surface area contributed by atoms with Crippen LogP contribution in [0.25, 0.3) is 0 Å². The molecule has 0 bridgehead atoms. The summed E-state index contributed by atoms with van der Waals surface area (Å²) in [5.41, 5.74) is 2.15. The van der Waals surface area contributed by atoms with Gasteiger partial charge in [0.05, 0.1) is 0 Å². The smallest absolute Gasteiger partial charge is 0.225 e. The molecule has 1 amide bonds. The highest BCUT2D eigenvalue weighted by molar-refractivity contribution is 5.90. The SMILES string of the molecule is CCc1ccc(NC(=O)CCNCCN(C)C)cc1. The second-order valence-corrected chi connectivity index (χ2v) is 4.90. The number of amides is 1. The van der Waals surface area contributed by atoms with Crippen molar-refractivity contribution in [2.24, 2.45) is 0 Å². The van der Waals surface area contributed by atoms with Gasteiger partial charge in [-0.15, -0.1) is 0 Å². The number of aryl methyl sites for hydroxylation is 1. The number of anilines is 1. The summed E-state index contributed by atoms with van der Waals surface area (Å²) in [6.07, 6.45) is 1.52. The van der Waals surface area contributed by atoms with Crippen LogP contribution in [0.2, 0.25) is 0 Å². The first-order valence-corrected chi connectivity index (χ1v) is 6.86. The number of nitrogens with one attached hydrogen (secondary N) is 2. The standard InChI is InChI=1S/C15H25N3O/c1-4-13-5-7-14(8-6-13)17-15(19)9-10-16-11-12-18(2)3/h5-8,16H,4,9-12H2,1-3H3,(H,17,19). The minimum Gasteiger partial charge on any atom is -0.326 e. The average Bonchev–Trinajstić information content (AvgIpc) is 2.39. The third-order valence-corrected chi connectivity index (χ3v) is 2.91. The Morgan fingerprint density at radius 1 is 1.16 bits per heavy atom. The number of carbonyl (C=O) groups is 1. The average molecular weight is 263 g/mol. The van der Waals surface area contributed by atoms with Crippen molar-refractivity contribution in [2.45, 2.75) is 19.8 Å². The molecule has 0 spiro atoms. The van der Waals surface area contributed by atoms with Crippen molar-refractivity contribution in [1.29, 1.82) is 0 Å². The number of rotatable bonds is 8. The number of likely N-dealkylation sites (N-methyl/N-ethyl adjacent to an activating group) is 1. The van der Waals surface area contributed by atoms with E-state index in [0.29, 0.717) is 13.0 Å². The van der Waals surface area contributed by atoms with Crippen LogP contribution < -0.4 is 10.6 Å². The highest BCUT2D eigenvalue weighted by Crippen LogP contribution is 2.09. The Balaban J connectivity index is 2.19. The highest BCUT2D eigenvalue weighted by atomic mass is 16.1. The summed E-state index contributed by atoms with van der Waals surface area (Å²) < 4.78 is 0. The van der Waals surface area contributed by atoms with E-state index < -0.39 is 0 Å². The quantitative estimate of drug-likeness (QED) is 0.702. The van der Waals surface area contributed by atoms with Crippen LogP contribution in [0.1, 0.15) is 18.9 Å². The van der Waals surface area contributed by atoms with Gasteiger partial charge in [0.15, 0.2) is 0 Å². The summed E-state index contributed by atoms with van der Waals surface area (Å²) in [7, 11) is 4.07. The lowest BCUT2D eigenvalue weighted by Crippen LogP contribution is -2.29. The maximum absolute atomic E-state index is 11.7. The van der Waals surface area contributed by atoms with Crippen LogP contribution >= 0.6 is 0 Å². The van der Waals surface area contributed by atoms with Crippen LogP contribution in [-0.4, -0.2) is 44.5 Å². The van der Waals surface area contributed by atoms with Gasteiger partial charge in [-0.3, -0.25) is 4.79 Å². The second kappa shape index (κ2) is 8.67. The van der Waals surface area contributed by atoms with Crippen LogP contribution in [0, 0.1) is 0 Å². The summed E-state index contributed by atoms with van der Waals surface area (Å²) in [5.74, 6) is 0.0570. The zero-order valence-corrected chi connectivity index (χ0v) is 12.2. The molecule has 4 nitrogen and oxygen atoms in total. The van der Waals surface area contributed by atoms with Gasteiger partial charge in [-0.2, -0.15) is 0 Å². The van der Waals surface area contributed by atoms with E-state index in [1.54, 1.807) is 0 Å². The van der Waals surface area contributed by atoms with Gasteiger partial charge in [-0.1, -0.05) is 19.1 Å². The molecule has 1 rings (SSSR count). The monoisotopic (exact) mass is 263 g/mol. The topological polar surface area (TPSA) is 44.4 Å². The fourth-order valence-electron chi connectivity index (χ4n) is 1.68. The Morgan fingerprint density at radius 3 is 2.42 bits per heavy atom. The first-order chi connectivity index (χ1) is 9.11. The maximum Gasteiger partial charge on any atom is 0.225 e. The molecule has 4 heteroatoms. The molecule has 19 heavy (non-hydrogen) atoms. The Morgan fingerprint density at radius 2 is 1.84 bits per heavy atom. The molecule has 0 saturated heterocycles. The molecular weight excluding hydrogens is 238 g/mol. The first-order valence-electron chi connectivity index (χ1n) is 6.86. The number of carbonyl (C=O) groups excluding carboxylic acids is 1. The summed E-state index contributed by atoms with van der Waals surface area (Å²) >= 11 is 0. The summed E-state index contributed by atoms with van der Waals surface area (Å²) in [4.78, 5) is 13.8. The van der Waals surface area contributed by atoms with Gasteiger partial charge in [0.1, 0.15) is 0 Å². The van der Waals surface area contributed by atoms with E-state index in [1.165, 1.54) is 5.56 Å². The zero-order valence-electron chi connectivity index (χ0n) is 12.2. The highest BCUT2D eigenvalue weighted by Gasteiger charge is 2.01. The molecule has 106 valence electrons. The van der Waals surface area contributed by atoms with Gasteiger partial charge in [0.2, 0.25) is 5.91 Å². The van der Waals surface area contributed by atoms with Crippen molar-refractivity contribution >= 4 is 11.6 Å². The molecule has 1 aromatic carbocycles. The molecule has 0 unspecified atom stereocenters. The minimum atomic E-state index is 0.0570. The fraction of sp³-hybridized carbons (Fsp3) is 0.533. The molecule has 1 aromatic rings. The molecule has 0 aliphatic rings. The van der Waals surface area contributed by atoms with Gasteiger partial charge < -0.3 is 15.5 Å². The lowest BCUT2D eigenvalue weighted by Gasteiger charge is -2.10. The lowest BCUT2D eigenvalue weighted by atomic mass is 10.1. The third-order valence-electron chi connectivity index (χ3n) is 2.91. The molecule has 0 atom stereocenters. The molecule has 0 heterocycles. The van der Waals surface area contributed by atoms with E-state index >= 15 is 0 Å². The second-order valence-electron chi connectivity index (χ2n) is 4.90. The van der Waals surface area contributed by atoms with Crippen molar-refractivity contribution in [1.82, 2.24) is 10.2 Å². The van der Waals surface area contributed by atoms with E-state index in [2.05, 4.69) is 22.5 Å². The molecule has 0 aliphatic carbocycles. The maximum atomic E-state index is 11.7. The largest absolute Gasteiger partial charge is 0.326 e. The normalized spacial score (nSPS) is 10.7. The van der Waals surface area contributed by atoms with Gasteiger partial charge in [0, 0.05) is 31.7 Å². The van der Waals surface area contributed by atoms with E-state index in [1.807, 2.05) is 38.4 Å². The van der Waals surface area contributed by atoms with Crippen molar-refractivity contribution in [3.8, 4) is 0 Å². The minimum absolute atomic E-state index is 0.0570. The number of hydrogen-bond acceptors (Lipinski definition) is 3. The Hall–Kier alpha value is -1.39. The predicted octanol–water partition coefficient (Wildman–Crippen LogP) is 1.73. The van der Waals surface area contributed by atoms with Crippen LogP contribution in [-0.2, 0) is 11.2 Å². The zero-order chi connectivity index (χ0) is 14.1. The van der Waals surface area contributed by atoms with Crippen molar-refractivity contribution in [3.05, 3.63) is 29.8 Å². The van der Waals surface area contributed by atoms with Crippen LogP contribution in [0.15, 0.2) is 24.3 Å².